The summed E-state index contributed by atoms with van der Waals surface area (Å²) < 4.78 is 4.78. The van der Waals surface area contributed by atoms with Gasteiger partial charge in [0.05, 0.1) is 24.6 Å². The van der Waals surface area contributed by atoms with E-state index in [1.54, 1.807) is 0 Å². The maximum atomic E-state index is 11.0. The summed E-state index contributed by atoms with van der Waals surface area (Å²) in [5.74, 6) is -0.877. The van der Waals surface area contributed by atoms with Crippen molar-refractivity contribution >= 4 is 5.97 Å². The second kappa shape index (κ2) is 13.1. The molecule has 3 N–H and O–H groups in total. The highest BCUT2D eigenvalue weighted by Gasteiger charge is 2.07. The summed E-state index contributed by atoms with van der Waals surface area (Å²) in [7, 11) is 0. The van der Waals surface area contributed by atoms with Crippen LogP contribution in [0.3, 0.4) is 0 Å². The second-order valence-corrected chi connectivity index (χ2v) is 2.88. The van der Waals surface area contributed by atoms with E-state index in [1.165, 1.54) is 0 Å². The van der Waals surface area contributed by atoms with Crippen molar-refractivity contribution in [1.82, 2.24) is 0 Å². The van der Waals surface area contributed by atoms with Crippen molar-refractivity contribution in [2.75, 3.05) is 19.8 Å². The van der Waals surface area contributed by atoms with Gasteiger partial charge >= 0.3 is 5.97 Å². The highest BCUT2D eigenvalue weighted by atomic mass is 17.1. The van der Waals surface area contributed by atoms with Gasteiger partial charge in [0, 0.05) is 22.1 Å². The number of nitrogens with zero attached hydrogens (tertiary/aromatic N) is 7. The maximum Gasteiger partial charge on any atom is 0.362 e. The van der Waals surface area contributed by atoms with E-state index in [4.69, 9.17) is 15.5 Å². The van der Waals surface area contributed by atoms with Gasteiger partial charge in [-0.2, -0.15) is 5.53 Å². The number of aliphatic hydroxyl groups is 1. The van der Waals surface area contributed by atoms with Crippen molar-refractivity contribution < 1.29 is 29.6 Å². The molecular formula is C6H12N8O6. The Kier molecular flexibility index (Phi) is 11.6. The molecule has 0 aliphatic heterocycles. The summed E-state index contributed by atoms with van der Waals surface area (Å²) in [5, 5.41) is 36.9. The van der Waals surface area contributed by atoms with E-state index in [2.05, 4.69) is 46.3 Å². The van der Waals surface area contributed by atoms with Crippen LogP contribution in [0.15, 0.2) is 36.6 Å². The number of rotatable bonds is 11. The topological polar surface area (TPSA) is 196 Å². The Hall–Kier alpha value is -2.29. The Morgan fingerprint density at radius 2 is 1.90 bits per heavy atom. The number of aliphatic hydroxyl groups excluding tert-OH is 1. The first-order chi connectivity index (χ1) is 9.70. The lowest BCUT2D eigenvalue weighted by molar-refractivity contribution is -0.246. The highest BCUT2D eigenvalue weighted by Crippen LogP contribution is 1.94. The molecule has 0 spiro atoms. The first kappa shape index (κ1) is 17.7. The molecule has 1 atom stereocenters. The molecule has 0 radical (unpaired) electrons. The normalized spacial score (nSPS) is 13.3. The monoisotopic (exact) mass is 292 g/mol. The van der Waals surface area contributed by atoms with E-state index in [9.17, 15) is 9.90 Å². The van der Waals surface area contributed by atoms with Crippen molar-refractivity contribution in [2.24, 2.45) is 36.6 Å². The van der Waals surface area contributed by atoms with Crippen LogP contribution >= 0.6 is 0 Å². The standard InChI is InChI=1S/C6H12N8O6/c7-8-9-10-11-12-13-14-20-6(16)4-18-3-5(15)1-2-19-17/h5,7,15,17H,1-4H2/t5-/m0/s1. The second-order valence-electron chi connectivity index (χ2n) is 2.88. The Morgan fingerprint density at radius 3 is 2.60 bits per heavy atom. The first-order valence-electron chi connectivity index (χ1n) is 4.99. The predicted octanol–water partition coefficient (Wildman–Crippen LogP) is 0.834. The van der Waals surface area contributed by atoms with Gasteiger partial charge in [-0.3, -0.25) is 10.1 Å². The van der Waals surface area contributed by atoms with E-state index in [0.717, 1.165) is 0 Å². The van der Waals surface area contributed by atoms with E-state index in [0.29, 0.717) is 0 Å². The molecule has 0 aliphatic carbocycles. The summed E-state index contributed by atoms with van der Waals surface area (Å²) in [5.41, 5.74) is 6.20. The largest absolute Gasteiger partial charge is 0.391 e. The van der Waals surface area contributed by atoms with Gasteiger partial charge in [-0.05, 0) is 15.7 Å². The number of carbonyl (C=O) groups is 1. The Labute approximate surface area is 111 Å². The zero-order chi connectivity index (χ0) is 15.1. The van der Waals surface area contributed by atoms with Gasteiger partial charge in [0.1, 0.15) is 6.61 Å². The molecule has 0 unspecified atom stereocenters. The average Bonchev–Trinajstić information content (AvgIpc) is 2.44. The van der Waals surface area contributed by atoms with Crippen molar-refractivity contribution in [3.8, 4) is 0 Å². The van der Waals surface area contributed by atoms with Crippen LogP contribution in [0, 0.1) is 5.53 Å². The minimum Gasteiger partial charge on any atom is -0.391 e. The lowest BCUT2D eigenvalue weighted by Crippen LogP contribution is -2.20. The fourth-order valence-electron chi connectivity index (χ4n) is 0.731. The molecular weight excluding hydrogens is 280 g/mol. The predicted molar refractivity (Wildman–Crippen MR) is 55.8 cm³/mol. The average molecular weight is 292 g/mol. The summed E-state index contributed by atoms with van der Waals surface area (Å²) in [4.78, 5) is 18.9. The van der Waals surface area contributed by atoms with Crippen LogP contribution in [0.5, 0.6) is 0 Å². The van der Waals surface area contributed by atoms with E-state index < -0.39 is 18.7 Å². The molecule has 0 aliphatic rings. The third kappa shape index (κ3) is 12.2. The minimum atomic E-state index is -0.891. The zero-order valence-corrected chi connectivity index (χ0v) is 10.1. The lowest BCUT2D eigenvalue weighted by atomic mass is 10.3. The van der Waals surface area contributed by atoms with Crippen molar-refractivity contribution in [1.29, 1.82) is 5.53 Å². The third-order valence-electron chi connectivity index (χ3n) is 1.46. The SMILES string of the molecule is N=NN=NN=NN=NOC(=O)COC[C@@H](O)CCOO. The molecule has 0 bridgehead atoms. The summed E-state index contributed by atoms with van der Waals surface area (Å²) in [6.45, 7) is -0.671. The molecule has 0 amide bonds. The molecule has 0 saturated heterocycles. The summed E-state index contributed by atoms with van der Waals surface area (Å²) in [6.07, 6.45) is -0.747. The van der Waals surface area contributed by atoms with Crippen LogP contribution < -0.4 is 0 Å². The molecule has 0 heterocycles. The third-order valence-corrected chi connectivity index (χ3v) is 1.46. The molecule has 0 aromatic heterocycles. The van der Waals surface area contributed by atoms with Gasteiger partial charge in [-0.15, -0.1) is 0 Å². The van der Waals surface area contributed by atoms with Gasteiger partial charge in [-0.25, -0.2) is 9.68 Å². The first-order valence-corrected chi connectivity index (χ1v) is 4.99. The highest BCUT2D eigenvalue weighted by molar-refractivity contribution is 5.70. The molecule has 14 nitrogen and oxygen atoms in total. The van der Waals surface area contributed by atoms with Crippen LogP contribution in [0.1, 0.15) is 6.42 Å². The molecule has 0 saturated carbocycles. The Morgan fingerprint density at radius 1 is 1.20 bits per heavy atom. The lowest BCUT2D eigenvalue weighted by Gasteiger charge is -2.08. The quantitative estimate of drug-likeness (QED) is 0.286. The molecule has 0 aromatic rings. The summed E-state index contributed by atoms with van der Waals surface area (Å²) in [6, 6.07) is 0. The fraction of sp³-hybridized carbons (Fsp3) is 0.833. The maximum absolute atomic E-state index is 11.0. The Bertz CT molecular complexity index is 359. The number of nitrogens with one attached hydrogen (secondary N) is 1. The van der Waals surface area contributed by atoms with Crippen molar-refractivity contribution in [3.63, 3.8) is 0 Å². The molecule has 0 aromatic carbocycles. The Balaban J connectivity index is 3.63. The van der Waals surface area contributed by atoms with Crippen molar-refractivity contribution in [2.45, 2.75) is 12.5 Å². The van der Waals surface area contributed by atoms with Crippen LogP contribution in [-0.2, 0) is 19.3 Å². The van der Waals surface area contributed by atoms with Crippen LogP contribution in [0.2, 0.25) is 0 Å². The molecule has 0 fully saturated rings. The molecule has 0 rings (SSSR count). The number of hydrogen-bond acceptors (Lipinski definition) is 8. The number of hydrogen-bond donors (Lipinski definition) is 3. The van der Waals surface area contributed by atoms with Crippen molar-refractivity contribution in [3.05, 3.63) is 0 Å². The summed E-state index contributed by atoms with van der Waals surface area (Å²) >= 11 is 0. The minimum absolute atomic E-state index is 0.0565. The molecule has 20 heavy (non-hydrogen) atoms. The number of ether oxygens (including phenoxy) is 1. The van der Waals surface area contributed by atoms with Gasteiger partial charge in [0.25, 0.3) is 0 Å². The van der Waals surface area contributed by atoms with Gasteiger partial charge in [0.15, 0.2) is 0 Å². The van der Waals surface area contributed by atoms with Gasteiger partial charge in [-0.1, -0.05) is 0 Å². The van der Waals surface area contributed by atoms with Crippen LogP contribution in [0.25, 0.3) is 0 Å². The molecule has 112 valence electrons. The van der Waals surface area contributed by atoms with Gasteiger partial charge in [0.2, 0.25) is 0 Å². The zero-order valence-electron chi connectivity index (χ0n) is 10.1. The fourth-order valence-corrected chi connectivity index (χ4v) is 0.731. The van der Waals surface area contributed by atoms with E-state index in [1.807, 2.05) is 0 Å². The van der Waals surface area contributed by atoms with Crippen LogP contribution in [0.4, 0.5) is 0 Å². The smallest absolute Gasteiger partial charge is 0.362 e. The number of carbonyl (C=O) groups excluding carboxylic acids is 1. The van der Waals surface area contributed by atoms with E-state index >= 15 is 0 Å². The van der Waals surface area contributed by atoms with Crippen LogP contribution in [-0.4, -0.2) is 42.3 Å². The van der Waals surface area contributed by atoms with E-state index in [-0.39, 0.29) is 19.6 Å². The van der Waals surface area contributed by atoms with Gasteiger partial charge < -0.3 is 9.84 Å². The molecule has 14 heteroatoms.